The summed E-state index contributed by atoms with van der Waals surface area (Å²) in [5.74, 6) is -0.0914. The molecule has 1 atom stereocenters. The van der Waals surface area contributed by atoms with Crippen LogP contribution < -0.4 is 10.6 Å². The number of carbonyl (C=O) groups is 2. The Kier molecular flexibility index (Phi) is 5.05. The summed E-state index contributed by atoms with van der Waals surface area (Å²) in [5, 5.41) is 5.65. The number of amides is 3. The van der Waals surface area contributed by atoms with Crippen LogP contribution in [0.4, 0.5) is 4.79 Å². The van der Waals surface area contributed by atoms with Gasteiger partial charge in [0.2, 0.25) is 5.91 Å². The first kappa shape index (κ1) is 16.0. The molecule has 2 rings (SSSR count). The lowest BCUT2D eigenvalue weighted by molar-refractivity contribution is -0.126. The normalized spacial score (nSPS) is 26.3. The van der Waals surface area contributed by atoms with Crippen molar-refractivity contribution in [3.8, 4) is 0 Å². The molecule has 1 unspecified atom stereocenters. The van der Waals surface area contributed by atoms with E-state index in [-0.39, 0.29) is 17.5 Å². The molecule has 2 N–H and O–H groups in total. The van der Waals surface area contributed by atoms with Crippen LogP contribution >= 0.6 is 0 Å². The first-order valence-electron chi connectivity index (χ1n) is 7.57. The van der Waals surface area contributed by atoms with Crippen molar-refractivity contribution in [2.75, 3.05) is 45.9 Å². The number of urea groups is 1. The van der Waals surface area contributed by atoms with Gasteiger partial charge < -0.3 is 20.3 Å². The van der Waals surface area contributed by atoms with Crippen LogP contribution in [0.3, 0.4) is 0 Å². The van der Waals surface area contributed by atoms with Gasteiger partial charge in [-0.2, -0.15) is 0 Å². The Labute approximate surface area is 126 Å². The van der Waals surface area contributed by atoms with Crippen molar-refractivity contribution in [1.29, 1.82) is 0 Å². The molecule has 2 aliphatic heterocycles. The Morgan fingerprint density at radius 3 is 2.95 bits per heavy atom. The summed E-state index contributed by atoms with van der Waals surface area (Å²) in [4.78, 5) is 27.5. The van der Waals surface area contributed by atoms with E-state index in [9.17, 15) is 9.59 Å². The molecule has 2 aliphatic rings. The minimum absolute atomic E-state index is 0.0914. The molecule has 0 aromatic rings. The van der Waals surface area contributed by atoms with E-state index in [1.165, 1.54) is 0 Å². The maximum absolute atomic E-state index is 12.1. The average Bonchev–Trinajstić information content (AvgIpc) is 2.40. The van der Waals surface area contributed by atoms with Crippen LogP contribution in [0.1, 0.15) is 20.8 Å². The minimum Gasteiger partial charge on any atom is -0.373 e. The van der Waals surface area contributed by atoms with Crippen LogP contribution in [0.25, 0.3) is 0 Å². The SMILES string of the molecule is CC1C(=O)NCCN1C(=O)NCCN1CCOC(C)(C)C1. The number of nitrogens with zero attached hydrogens (tertiary/aromatic N) is 2. The van der Waals surface area contributed by atoms with Gasteiger partial charge in [-0.3, -0.25) is 9.69 Å². The number of piperazine rings is 1. The van der Waals surface area contributed by atoms with E-state index in [4.69, 9.17) is 4.74 Å². The van der Waals surface area contributed by atoms with Crippen molar-refractivity contribution in [1.82, 2.24) is 20.4 Å². The third-order valence-corrected chi connectivity index (χ3v) is 3.97. The Bertz CT molecular complexity index is 400. The Morgan fingerprint density at radius 2 is 2.24 bits per heavy atom. The van der Waals surface area contributed by atoms with Gasteiger partial charge in [0.25, 0.3) is 0 Å². The highest BCUT2D eigenvalue weighted by molar-refractivity contribution is 5.87. The van der Waals surface area contributed by atoms with Gasteiger partial charge in [-0.25, -0.2) is 4.79 Å². The summed E-state index contributed by atoms with van der Waals surface area (Å²) in [6, 6.07) is -0.564. The predicted molar refractivity (Wildman–Crippen MR) is 79.0 cm³/mol. The minimum atomic E-state index is -0.402. The Morgan fingerprint density at radius 1 is 1.48 bits per heavy atom. The molecule has 0 aromatic carbocycles. The van der Waals surface area contributed by atoms with E-state index in [2.05, 4.69) is 29.4 Å². The molecular weight excluding hydrogens is 272 g/mol. The first-order chi connectivity index (χ1) is 9.89. The van der Waals surface area contributed by atoms with E-state index in [0.717, 1.165) is 26.2 Å². The number of morpholine rings is 1. The molecule has 2 saturated heterocycles. The molecule has 0 spiro atoms. The maximum Gasteiger partial charge on any atom is 0.318 e. The van der Waals surface area contributed by atoms with Crippen LogP contribution in [0.15, 0.2) is 0 Å². The highest BCUT2D eigenvalue weighted by Gasteiger charge is 2.30. The van der Waals surface area contributed by atoms with E-state index in [1.54, 1.807) is 11.8 Å². The Balaban J connectivity index is 1.73. The van der Waals surface area contributed by atoms with Crippen LogP contribution in [0, 0.1) is 0 Å². The van der Waals surface area contributed by atoms with Crippen molar-refractivity contribution in [2.45, 2.75) is 32.4 Å². The van der Waals surface area contributed by atoms with Gasteiger partial charge in [-0.1, -0.05) is 0 Å². The zero-order chi connectivity index (χ0) is 15.5. The van der Waals surface area contributed by atoms with E-state index < -0.39 is 6.04 Å². The molecule has 2 heterocycles. The van der Waals surface area contributed by atoms with Crippen molar-refractivity contribution in [2.24, 2.45) is 0 Å². The van der Waals surface area contributed by atoms with Gasteiger partial charge in [-0.05, 0) is 20.8 Å². The molecule has 7 nitrogen and oxygen atoms in total. The maximum atomic E-state index is 12.1. The average molecular weight is 298 g/mol. The molecule has 120 valence electrons. The second-order valence-electron chi connectivity index (χ2n) is 6.28. The molecule has 21 heavy (non-hydrogen) atoms. The zero-order valence-electron chi connectivity index (χ0n) is 13.1. The largest absolute Gasteiger partial charge is 0.373 e. The summed E-state index contributed by atoms with van der Waals surface area (Å²) in [7, 11) is 0. The first-order valence-corrected chi connectivity index (χ1v) is 7.57. The molecule has 0 aliphatic carbocycles. The fourth-order valence-electron chi connectivity index (χ4n) is 2.79. The lowest BCUT2D eigenvalue weighted by Gasteiger charge is -2.38. The van der Waals surface area contributed by atoms with Gasteiger partial charge in [-0.15, -0.1) is 0 Å². The lowest BCUT2D eigenvalue weighted by atomic mass is 10.1. The highest BCUT2D eigenvalue weighted by Crippen LogP contribution is 2.15. The van der Waals surface area contributed by atoms with Gasteiger partial charge >= 0.3 is 6.03 Å². The van der Waals surface area contributed by atoms with Gasteiger partial charge in [0, 0.05) is 39.3 Å². The number of ether oxygens (including phenoxy) is 1. The predicted octanol–water partition coefficient (Wildman–Crippen LogP) is -0.373. The van der Waals surface area contributed by atoms with Crippen LogP contribution in [-0.2, 0) is 9.53 Å². The van der Waals surface area contributed by atoms with Crippen molar-refractivity contribution in [3.05, 3.63) is 0 Å². The summed E-state index contributed by atoms with van der Waals surface area (Å²) in [5.41, 5.74) is -0.123. The highest BCUT2D eigenvalue weighted by atomic mass is 16.5. The second kappa shape index (κ2) is 6.62. The second-order valence-corrected chi connectivity index (χ2v) is 6.28. The summed E-state index contributed by atoms with van der Waals surface area (Å²) >= 11 is 0. The topological polar surface area (TPSA) is 73.9 Å². The quantitative estimate of drug-likeness (QED) is 0.745. The van der Waals surface area contributed by atoms with E-state index >= 15 is 0 Å². The fourth-order valence-corrected chi connectivity index (χ4v) is 2.79. The molecule has 0 saturated carbocycles. The third-order valence-electron chi connectivity index (χ3n) is 3.97. The fraction of sp³-hybridized carbons (Fsp3) is 0.857. The molecule has 0 radical (unpaired) electrons. The van der Waals surface area contributed by atoms with Gasteiger partial charge in [0.1, 0.15) is 6.04 Å². The van der Waals surface area contributed by atoms with Crippen molar-refractivity contribution in [3.63, 3.8) is 0 Å². The third kappa shape index (κ3) is 4.31. The number of hydrogen-bond acceptors (Lipinski definition) is 4. The molecule has 0 aromatic heterocycles. The summed E-state index contributed by atoms with van der Waals surface area (Å²) < 4.78 is 5.66. The smallest absolute Gasteiger partial charge is 0.318 e. The number of carbonyl (C=O) groups excluding carboxylic acids is 2. The van der Waals surface area contributed by atoms with Crippen LogP contribution in [0.5, 0.6) is 0 Å². The van der Waals surface area contributed by atoms with Gasteiger partial charge in [0.15, 0.2) is 0 Å². The Hall–Kier alpha value is -1.34. The molecule has 7 heteroatoms. The van der Waals surface area contributed by atoms with E-state index in [1.807, 2.05) is 0 Å². The lowest BCUT2D eigenvalue weighted by Crippen LogP contribution is -2.58. The molecule has 2 fully saturated rings. The molecular formula is C14H26N4O3. The standard InChI is InChI=1S/C14H26N4O3/c1-11-12(19)15-5-7-18(11)13(20)16-4-6-17-8-9-21-14(2,3)10-17/h11H,4-10H2,1-3H3,(H,15,19)(H,16,20). The van der Waals surface area contributed by atoms with E-state index in [0.29, 0.717) is 19.6 Å². The van der Waals surface area contributed by atoms with Gasteiger partial charge in [0.05, 0.1) is 12.2 Å². The van der Waals surface area contributed by atoms with Crippen LogP contribution in [0.2, 0.25) is 0 Å². The van der Waals surface area contributed by atoms with Crippen molar-refractivity contribution < 1.29 is 14.3 Å². The molecule has 0 bridgehead atoms. The summed E-state index contributed by atoms with van der Waals surface area (Å²) in [6.45, 7) is 10.8. The number of nitrogens with one attached hydrogen (secondary N) is 2. The van der Waals surface area contributed by atoms with Crippen molar-refractivity contribution >= 4 is 11.9 Å². The number of hydrogen-bond donors (Lipinski definition) is 2. The van der Waals surface area contributed by atoms with Crippen LogP contribution in [-0.4, -0.2) is 79.3 Å². The number of rotatable bonds is 3. The molecule has 3 amide bonds. The summed E-state index contributed by atoms with van der Waals surface area (Å²) in [6.07, 6.45) is 0. The monoisotopic (exact) mass is 298 g/mol. The zero-order valence-corrected chi connectivity index (χ0v) is 13.1.